The van der Waals surface area contributed by atoms with Crippen LogP contribution in [0.25, 0.3) is 10.9 Å². The van der Waals surface area contributed by atoms with Gasteiger partial charge in [-0.05, 0) is 51.0 Å². The first kappa shape index (κ1) is 19.9. The minimum atomic E-state index is -0.200. The molecule has 0 saturated carbocycles. The van der Waals surface area contributed by atoms with E-state index in [4.69, 9.17) is 4.74 Å². The molecule has 3 aromatic rings. The van der Waals surface area contributed by atoms with Gasteiger partial charge in [0.1, 0.15) is 5.75 Å². The van der Waals surface area contributed by atoms with Crippen molar-refractivity contribution in [1.29, 1.82) is 0 Å². The summed E-state index contributed by atoms with van der Waals surface area (Å²) in [7, 11) is 1.65. The van der Waals surface area contributed by atoms with Crippen molar-refractivity contribution in [2.75, 3.05) is 19.0 Å². The van der Waals surface area contributed by atoms with Crippen molar-refractivity contribution in [3.05, 3.63) is 65.4 Å². The van der Waals surface area contributed by atoms with E-state index in [1.807, 2.05) is 38.1 Å². The monoisotopic (exact) mass is 403 g/mol. The molecule has 0 aliphatic carbocycles. The first-order valence-corrected chi connectivity index (χ1v) is 10.2. The third-order valence-electron chi connectivity index (χ3n) is 5.52. The molecule has 0 saturated heterocycles. The zero-order chi connectivity index (χ0) is 21.3. The average Bonchev–Trinajstić information content (AvgIpc) is 3.01. The topological polar surface area (TPSA) is 71.5 Å². The lowest BCUT2D eigenvalue weighted by atomic mass is 10.1. The fourth-order valence-electron chi connectivity index (χ4n) is 3.92. The number of ether oxygens (including phenoxy) is 1. The molecule has 1 aliphatic rings. The Kier molecular flexibility index (Phi) is 5.40. The van der Waals surface area contributed by atoms with Gasteiger partial charge in [0.25, 0.3) is 11.8 Å². The zero-order valence-electron chi connectivity index (χ0n) is 17.4. The van der Waals surface area contributed by atoms with E-state index in [2.05, 4.69) is 10.3 Å². The van der Waals surface area contributed by atoms with E-state index in [0.29, 0.717) is 24.1 Å². The third-order valence-corrected chi connectivity index (χ3v) is 5.52. The number of benzene rings is 2. The van der Waals surface area contributed by atoms with Gasteiger partial charge in [0.15, 0.2) is 0 Å². The van der Waals surface area contributed by atoms with Crippen LogP contribution in [0.5, 0.6) is 5.75 Å². The van der Waals surface area contributed by atoms with Gasteiger partial charge in [-0.25, -0.2) is 0 Å². The van der Waals surface area contributed by atoms with Crippen LogP contribution in [0.15, 0.2) is 48.5 Å². The Morgan fingerprint density at radius 2 is 1.77 bits per heavy atom. The van der Waals surface area contributed by atoms with Crippen molar-refractivity contribution in [2.24, 2.45) is 0 Å². The predicted molar refractivity (Wildman–Crippen MR) is 117 cm³/mol. The van der Waals surface area contributed by atoms with Crippen molar-refractivity contribution in [1.82, 2.24) is 9.88 Å². The van der Waals surface area contributed by atoms with Crippen LogP contribution in [-0.4, -0.2) is 41.4 Å². The molecule has 1 aliphatic heterocycles. The van der Waals surface area contributed by atoms with Crippen LogP contribution >= 0.6 is 0 Å². The first-order valence-electron chi connectivity index (χ1n) is 10.2. The number of aromatic nitrogens is 1. The van der Waals surface area contributed by atoms with Gasteiger partial charge in [0.05, 0.1) is 29.4 Å². The van der Waals surface area contributed by atoms with Crippen molar-refractivity contribution < 1.29 is 14.3 Å². The number of carbonyl (C=O) groups is 2. The van der Waals surface area contributed by atoms with E-state index in [9.17, 15) is 9.59 Å². The van der Waals surface area contributed by atoms with Gasteiger partial charge < -0.3 is 10.1 Å². The summed E-state index contributed by atoms with van der Waals surface area (Å²) in [6.45, 7) is 4.59. The van der Waals surface area contributed by atoms with E-state index in [1.54, 1.807) is 31.4 Å². The molecule has 2 heterocycles. The van der Waals surface area contributed by atoms with Gasteiger partial charge in [-0.15, -0.1) is 0 Å². The van der Waals surface area contributed by atoms with E-state index >= 15 is 0 Å². The van der Waals surface area contributed by atoms with Gasteiger partial charge in [0.2, 0.25) is 0 Å². The van der Waals surface area contributed by atoms with E-state index in [-0.39, 0.29) is 17.9 Å². The van der Waals surface area contributed by atoms with Crippen molar-refractivity contribution >= 4 is 28.4 Å². The number of nitrogens with zero attached hydrogens (tertiary/aromatic N) is 2. The van der Waals surface area contributed by atoms with Gasteiger partial charge in [-0.2, -0.15) is 0 Å². The highest BCUT2D eigenvalue weighted by molar-refractivity contribution is 6.21. The van der Waals surface area contributed by atoms with E-state index in [1.165, 1.54) is 4.90 Å². The molecule has 1 atom stereocenters. The molecular formula is C24H25N3O3. The highest BCUT2D eigenvalue weighted by Gasteiger charge is 2.37. The third kappa shape index (κ3) is 3.61. The standard InChI is InChI=1S/C24H25N3O3/c1-15-10-11-17-13-18(30-3)14-21(22(17)26-15)25-12-6-7-16(2)27-23(28)19-8-4-5-9-20(19)24(27)29/h4-5,8-11,13-14,16,25H,6-7,12H2,1-3H3. The lowest BCUT2D eigenvalue weighted by molar-refractivity contribution is 0.0589. The largest absolute Gasteiger partial charge is 0.497 e. The van der Waals surface area contributed by atoms with E-state index < -0.39 is 0 Å². The summed E-state index contributed by atoms with van der Waals surface area (Å²) < 4.78 is 5.41. The quantitative estimate of drug-likeness (QED) is 0.467. The van der Waals surface area contributed by atoms with Gasteiger partial charge >= 0.3 is 0 Å². The van der Waals surface area contributed by atoms with E-state index in [0.717, 1.165) is 34.5 Å². The van der Waals surface area contributed by atoms with Gasteiger partial charge in [-0.3, -0.25) is 19.5 Å². The molecule has 2 amide bonds. The Balaban J connectivity index is 1.41. The number of hydrogen-bond acceptors (Lipinski definition) is 5. The summed E-state index contributed by atoms with van der Waals surface area (Å²) >= 11 is 0. The smallest absolute Gasteiger partial charge is 0.261 e. The molecule has 4 rings (SSSR count). The summed E-state index contributed by atoms with van der Waals surface area (Å²) in [5, 5.41) is 4.46. The number of imide groups is 1. The first-order chi connectivity index (χ1) is 14.5. The molecule has 6 heteroatoms. The highest BCUT2D eigenvalue weighted by Crippen LogP contribution is 2.29. The summed E-state index contributed by atoms with van der Waals surface area (Å²) in [4.78, 5) is 31.3. The van der Waals surface area contributed by atoms with Gasteiger partial charge in [0, 0.05) is 29.7 Å². The van der Waals surface area contributed by atoms with Crippen LogP contribution < -0.4 is 10.1 Å². The fraction of sp³-hybridized carbons (Fsp3) is 0.292. The second-order valence-corrected chi connectivity index (χ2v) is 7.64. The minimum Gasteiger partial charge on any atom is -0.497 e. The number of nitrogens with one attached hydrogen (secondary N) is 1. The van der Waals surface area contributed by atoms with Crippen LogP contribution in [0.2, 0.25) is 0 Å². The molecule has 2 aromatic carbocycles. The number of pyridine rings is 1. The van der Waals surface area contributed by atoms with Crippen LogP contribution in [0.1, 0.15) is 46.2 Å². The van der Waals surface area contributed by atoms with Crippen molar-refractivity contribution in [3.8, 4) is 5.75 Å². The summed E-state index contributed by atoms with van der Waals surface area (Å²) in [5.41, 5.74) is 3.77. The maximum absolute atomic E-state index is 12.6. The Labute approximate surface area is 175 Å². The maximum Gasteiger partial charge on any atom is 0.261 e. The minimum absolute atomic E-state index is 0.165. The van der Waals surface area contributed by atoms with Crippen LogP contribution in [-0.2, 0) is 0 Å². The summed E-state index contributed by atoms with van der Waals surface area (Å²) in [6.07, 6.45) is 1.52. The lowest BCUT2D eigenvalue weighted by Gasteiger charge is -2.22. The van der Waals surface area contributed by atoms with Gasteiger partial charge in [-0.1, -0.05) is 18.2 Å². The molecule has 0 radical (unpaired) electrons. The molecule has 0 fully saturated rings. The molecule has 1 unspecified atom stereocenters. The van der Waals surface area contributed by atoms with Crippen LogP contribution in [0.3, 0.4) is 0 Å². The molecular weight excluding hydrogens is 378 g/mol. The van der Waals surface area contributed by atoms with Crippen LogP contribution in [0, 0.1) is 6.92 Å². The number of amides is 2. The average molecular weight is 403 g/mol. The zero-order valence-corrected chi connectivity index (χ0v) is 17.4. The van der Waals surface area contributed by atoms with Crippen molar-refractivity contribution in [2.45, 2.75) is 32.7 Å². The molecule has 0 spiro atoms. The molecule has 1 N–H and O–H groups in total. The lowest BCUT2D eigenvalue weighted by Crippen LogP contribution is -2.38. The number of methoxy groups -OCH3 is 1. The summed E-state index contributed by atoms with van der Waals surface area (Å²) in [5.74, 6) is 0.374. The predicted octanol–water partition coefficient (Wildman–Crippen LogP) is 4.43. The number of fused-ring (bicyclic) bond motifs is 2. The van der Waals surface area contributed by atoms with Crippen molar-refractivity contribution in [3.63, 3.8) is 0 Å². The Morgan fingerprint density at radius 1 is 1.07 bits per heavy atom. The number of hydrogen-bond donors (Lipinski definition) is 1. The molecule has 30 heavy (non-hydrogen) atoms. The number of aryl methyl sites for hydroxylation is 1. The second kappa shape index (κ2) is 8.14. The second-order valence-electron chi connectivity index (χ2n) is 7.64. The fourth-order valence-corrected chi connectivity index (χ4v) is 3.92. The Morgan fingerprint density at radius 3 is 2.43 bits per heavy atom. The Bertz CT molecular complexity index is 1090. The normalized spacial score (nSPS) is 14.2. The SMILES string of the molecule is COc1cc(NCCCC(C)N2C(=O)c3ccccc3C2=O)c2nc(C)ccc2c1. The summed E-state index contributed by atoms with van der Waals surface area (Å²) in [6, 6.07) is 14.8. The molecule has 154 valence electrons. The number of carbonyl (C=O) groups excluding carboxylic acids is 2. The van der Waals surface area contributed by atoms with Crippen LogP contribution in [0.4, 0.5) is 5.69 Å². The molecule has 6 nitrogen and oxygen atoms in total. The molecule has 1 aromatic heterocycles. The highest BCUT2D eigenvalue weighted by atomic mass is 16.5. The number of anilines is 1. The maximum atomic E-state index is 12.6. The Hall–Kier alpha value is -3.41. The molecule has 0 bridgehead atoms. The number of rotatable bonds is 7.